The van der Waals surface area contributed by atoms with Crippen LogP contribution in [0.15, 0.2) is 0 Å². The number of carbonyl (C=O) groups is 1. The van der Waals surface area contributed by atoms with Gasteiger partial charge in [0.1, 0.15) is 0 Å². The van der Waals surface area contributed by atoms with Crippen molar-refractivity contribution in [3.63, 3.8) is 0 Å². The fraction of sp³-hybridized carbons (Fsp3) is 0.800. The second-order valence-electron chi connectivity index (χ2n) is 4.53. The van der Waals surface area contributed by atoms with E-state index in [9.17, 15) is 18.3 Å². The lowest BCUT2D eigenvalue weighted by Gasteiger charge is -2.30. The van der Waals surface area contributed by atoms with Gasteiger partial charge in [0.2, 0.25) is 0 Å². The van der Waals surface area contributed by atoms with Crippen LogP contribution in [-0.4, -0.2) is 44.9 Å². The summed E-state index contributed by atoms with van der Waals surface area (Å²) < 4.78 is 26.9. The van der Waals surface area contributed by atoms with E-state index in [0.717, 1.165) is 6.26 Å². The first kappa shape index (κ1) is 16.8. The van der Waals surface area contributed by atoms with Gasteiger partial charge in [-0.05, 0) is 0 Å². The smallest absolute Gasteiger partial charge is 0.265 e. The molecule has 8 heteroatoms. The van der Waals surface area contributed by atoms with Crippen LogP contribution in [0.5, 0.6) is 0 Å². The van der Waals surface area contributed by atoms with Crippen molar-refractivity contribution in [2.24, 2.45) is 5.41 Å². The molecule has 0 bridgehead atoms. The number of hydrogen-bond donors (Lipinski definition) is 2. The molecular weight excluding hydrogens is 260 g/mol. The van der Waals surface area contributed by atoms with Crippen LogP contribution >= 0.6 is 0 Å². The molecule has 0 aliphatic heterocycles. The minimum Gasteiger partial charge on any atom is -0.396 e. The molecule has 0 aromatic carbocycles. The average molecular weight is 278 g/mol. The first-order valence-corrected chi connectivity index (χ1v) is 7.09. The second kappa shape index (κ2) is 6.68. The van der Waals surface area contributed by atoms with Crippen LogP contribution in [0.4, 0.5) is 0 Å². The van der Waals surface area contributed by atoms with Gasteiger partial charge in [0.05, 0.1) is 25.4 Å². The van der Waals surface area contributed by atoms with Gasteiger partial charge in [0.15, 0.2) is 6.10 Å². The topological polar surface area (TPSA) is 116 Å². The van der Waals surface area contributed by atoms with Gasteiger partial charge in [0, 0.05) is 12.0 Å². The van der Waals surface area contributed by atoms with E-state index < -0.39 is 34.2 Å². The van der Waals surface area contributed by atoms with Crippen molar-refractivity contribution < 1.29 is 22.5 Å². The van der Waals surface area contributed by atoms with Crippen molar-refractivity contribution >= 4 is 16.0 Å². The Morgan fingerprint density at radius 3 is 2.50 bits per heavy atom. The van der Waals surface area contributed by atoms with Crippen LogP contribution in [0.3, 0.4) is 0 Å². The summed E-state index contributed by atoms with van der Waals surface area (Å²) in [6.07, 6.45) is -0.399. The maximum Gasteiger partial charge on any atom is 0.265 e. The number of hydrogen-bond acceptors (Lipinski definition) is 6. The van der Waals surface area contributed by atoms with Gasteiger partial charge in [0.25, 0.3) is 16.0 Å². The molecule has 0 spiro atoms. The zero-order valence-corrected chi connectivity index (χ0v) is 11.5. The predicted molar refractivity (Wildman–Crippen MR) is 63.8 cm³/mol. The average Bonchev–Trinajstić information content (AvgIpc) is 2.24. The van der Waals surface area contributed by atoms with E-state index in [0.29, 0.717) is 0 Å². The van der Waals surface area contributed by atoms with Gasteiger partial charge in [-0.1, -0.05) is 13.8 Å². The lowest BCUT2D eigenvalue weighted by molar-refractivity contribution is -0.134. The molecule has 0 saturated heterocycles. The molecule has 1 unspecified atom stereocenters. The van der Waals surface area contributed by atoms with Crippen molar-refractivity contribution in [3.8, 4) is 6.07 Å². The van der Waals surface area contributed by atoms with Gasteiger partial charge in [-0.15, -0.1) is 0 Å². The highest BCUT2D eigenvalue weighted by atomic mass is 32.2. The van der Waals surface area contributed by atoms with Gasteiger partial charge in [-0.25, -0.2) is 0 Å². The second-order valence-corrected chi connectivity index (χ2v) is 6.13. The predicted octanol–water partition coefficient (Wildman–Crippen LogP) is -0.620. The molecule has 104 valence electrons. The highest BCUT2D eigenvalue weighted by molar-refractivity contribution is 7.86. The highest BCUT2D eigenvalue weighted by Crippen LogP contribution is 2.24. The van der Waals surface area contributed by atoms with Gasteiger partial charge in [-0.3, -0.25) is 8.98 Å². The van der Waals surface area contributed by atoms with Crippen molar-refractivity contribution in [1.29, 1.82) is 5.26 Å². The summed E-state index contributed by atoms with van der Waals surface area (Å²) >= 11 is 0. The summed E-state index contributed by atoms with van der Waals surface area (Å²) in [6.45, 7) is 2.69. The van der Waals surface area contributed by atoms with Gasteiger partial charge >= 0.3 is 0 Å². The van der Waals surface area contributed by atoms with Crippen LogP contribution < -0.4 is 5.32 Å². The molecular formula is C10H18N2O5S. The van der Waals surface area contributed by atoms with Crippen molar-refractivity contribution in [1.82, 2.24) is 5.32 Å². The van der Waals surface area contributed by atoms with E-state index in [1.165, 1.54) is 13.8 Å². The Balaban J connectivity index is 4.88. The Labute approximate surface area is 107 Å². The number of nitrogens with one attached hydrogen (secondary N) is 1. The van der Waals surface area contributed by atoms with E-state index in [4.69, 9.17) is 9.44 Å². The molecule has 0 aliphatic carbocycles. The summed E-state index contributed by atoms with van der Waals surface area (Å²) in [4.78, 5) is 11.8. The Morgan fingerprint density at radius 1 is 1.56 bits per heavy atom. The first-order chi connectivity index (χ1) is 8.14. The number of nitrogens with zero attached hydrogens (tertiary/aromatic N) is 1. The SMILES string of the molecule is CC(C)(CO)C(OS(C)(=O)=O)C(=O)NCCC#N. The van der Waals surface area contributed by atoms with Crippen molar-refractivity contribution in [2.75, 3.05) is 19.4 Å². The number of aliphatic hydroxyl groups is 1. The Bertz CT molecular complexity index is 424. The van der Waals surface area contributed by atoms with Gasteiger partial charge < -0.3 is 10.4 Å². The number of carbonyl (C=O) groups excluding carboxylic acids is 1. The van der Waals surface area contributed by atoms with Crippen molar-refractivity contribution in [3.05, 3.63) is 0 Å². The third-order valence-electron chi connectivity index (χ3n) is 2.16. The van der Waals surface area contributed by atoms with Crippen LogP contribution in [0.1, 0.15) is 20.3 Å². The van der Waals surface area contributed by atoms with E-state index in [2.05, 4.69) is 5.32 Å². The molecule has 0 rings (SSSR count). The third-order valence-corrected chi connectivity index (χ3v) is 2.70. The zero-order valence-electron chi connectivity index (χ0n) is 10.6. The van der Waals surface area contributed by atoms with E-state index in [-0.39, 0.29) is 13.0 Å². The largest absolute Gasteiger partial charge is 0.396 e. The quantitative estimate of drug-likeness (QED) is 0.473. The molecule has 1 atom stereocenters. The monoisotopic (exact) mass is 278 g/mol. The Hall–Kier alpha value is -1.17. The fourth-order valence-electron chi connectivity index (χ4n) is 1.12. The molecule has 7 nitrogen and oxygen atoms in total. The zero-order chi connectivity index (χ0) is 14.4. The number of nitriles is 1. The summed E-state index contributed by atoms with van der Waals surface area (Å²) in [7, 11) is -3.83. The molecule has 2 N–H and O–H groups in total. The Kier molecular flexibility index (Phi) is 6.25. The van der Waals surface area contributed by atoms with Crippen LogP contribution in [0.25, 0.3) is 0 Å². The molecule has 0 fully saturated rings. The van der Waals surface area contributed by atoms with Gasteiger partial charge in [-0.2, -0.15) is 13.7 Å². The van der Waals surface area contributed by atoms with Crippen LogP contribution in [0, 0.1) is 16.7 Å². The van der Waals surface area contributed by atoms with E-state index >= 15 is 0 Å². The lowest BCUT2D eigenvalue weighted by atomic mass is 9.87. The minimum atomic E-state index is -3.83. The van der Waals surface area contributed by atoms with E-state index in [1.807, 2.05) is 6.07 Å². The molecule has 18 heavy (non-hydrogen) atoms. The molecule has 0 aromatic rings. The maximum absolute atomic E-state index is 11.8. The van der Waals surface area contributed by atoms with Crippen LogP contribution in [-0.2, 0) is 19.1 Å². The summed E-state index contributed by atoms with van der Waals surface area (Å²) in [5.41, 5.74) is -1.06. The molecule has 0 saturated carbocycles. The number of rotatable bonds is 7. The molecule has 0 aliphatic rings. The summed E-state index contributed by atoms with van der Waals surface area (Å²) in [6, 6.07) is 1.84. The molecule has 0 aromatic heterocycles. The minimum absolute atomic E-state index is 0.0977. The summed E-state index contributed by atoms with van der Waals surface area (Å²) in [5, 5.41) is 19.9. The van der Waals surface area contributed by atoms with Crippen LogP contribution in [0.2, 0.25) is 0 Å². The highest BCUT2D eigenvalue weighted by Gasteiger charge is 2.38. The standard InChI is InChI=1S/C10H18N2O5S/c1-10(2,7-13)8(17-18(3,15)16)9(14)12-6-4-5-11/h8,13H,4,6-7H2,1-3H3,(H,12,14). The normalized spacial score (nSPS) is 13.7. The Morgan fingerprint density at radius 2 is 2.11 bits per heavy atom. The molecule has 0 heterocycles. The third kappa shape index (κ3) is 5.95. The van der Waals surface area contributed by atoms with E-state index in [1.54, 1.807) is 0 Å². The summed E-state index contributed by atoms with van der Waals surface area (Å²) in [5.74, 6) is -0.672. The fourth-order valence-corrected chi connectivity index (χ4v) is 1.82. The lowest BCUT2D eigenvalue weighted by Crippen LogP contribution is -2.48. The number of amides is 1. The molecule has 1 amide bonds. The first-order valence-electron chi connectivity index (χ1n) is 5.28. The maximum atomic E-state index is 11.8. The van der Waals surface area contributed by atoms with Crippen molar-refractivity contribution in [2.45, 2.75) is 26.4 Å². The number of aliphatic hydroxyl groups excluding tert-OH is 1. The molecule has 0 radical (unpaired) electrons.